The van der Waals surface area contributed by atoms with E-state index >= 15 is 0 Å². The topological polar surface area (TPSA) is 55.1 Å². The molecule has 18 heavy (non-hydrogen) atoms. The maximum atomic E-state index is 12.2. The van der Waals surface area contributed by atoms with Crippen molar-refractivity contribution < 1.29 is 4.79 Å². The highest BCUT2D eigenvalue weighted by Gasteiger charge is 2.43. The van der Waals surface area contributed by atoms with Crippen molar-refractivity contribution in [1.29, 1.82) is 0 Å². The van der Waals surface area contributed by atoms with Crippen molar-refractivity contribution in [3.05, 3.63) is 0 Å². The molecule has 2 aliphatic rings. The first-order valence-corrected chi connectivity index (χ1v) is 7.71. The van der Waals surface area contributed by atoms with Crippen LogP contribution in [0.25, 0.3) is 0 Å². The third-order valence-corrected chi connectivity index (χ3v) is 4.82. The molecule has 0 aromatic heterocycles. The van der Waals surface area contributed by atoms with Crippen LogP contribution in [0.1, 0.15) is 64.7 Å². The molecule has 2 aliphatic carbocycles. The Hall–Kier alpha value is -0.570. The molecule has 0 aromatic carbocycles. The van der Waals surface area contributed by atoms with E-state index in [0.29, 0.717) is 6.54 Å². The Balaban J connectivity index is 1.70. The van der Waals surface area contributed by atoms with Gasteiger partial charge in [0.25, 0.3) is 0 Å². The zero-order valence-corrected chi connectivity index (χ0v) is 11.7. The molecule has 0 aliphatic heterocycles. The van der Waals surface area contributed by atoms with Gasteiger partial charge in [-0.2, -0.15) is 0 Å². The first-order valence-electron chi connectivity index (χ1n) is 7.71. The number of hydrogen-bond acceptors (Lipinski definition) is 2. The second-order valence-electron chi connectivity index (χ2n) is 6.33. The quantitative estimate of drug-likeness (QED) is 0.763. The van der Waals surface area contributed by atoms with E-state index in [2.05, 4.69) is 12.2 Å². The van der Waals surface area contributed by atoms with Gasteiger partial charge in [-0.3, -0.25) is 4.79 Å². The van der Waals surface area contributed by atoms with Crippen LogP contribution in [0.5, 0.6) is 0 Å². The molecule has 2 fully saturated rings. The van der Waals surface area contributed by atoms with Crippen LogP contribution in [-0.4, -0.2) is 18.0 Å². The average molecular weight is 252 g/mol. The summed E-state index contributed by atoms with van der Waals surface area (Å²) in [5.74, 6) is 1.40. The summed E-state index contributed by atoms with van der Waals surface area (Å²) in [6.45, 7) is 2.85. The molecule has 0 heterocycles. The van der Waals surface area contributed by atoms with Gasteiger partial charge in [-0.15, -0.1) is 0 Å². The van der Waals surface area contributed by atoms with Crippen LogP contribution >= 0.6 is 0 Å². The molecular weight excluding hydrogens is 224 g/mol. The van der Waals surface area contributed by atoms with Gasteiger partial charge in [0.05, 0.1) is 5.54 Å². The van der Waals surface area contributed by atoms with Crippen molar-refractivity contribution in [3.8, 4) is 0 Å². The number of carbonyl (C=O) groups excluding carboxylic acids is 1. The summed E-state index contributed by atoms with van der Waals surface area (Å²) in [6.07, 6.45) is 10.8. The molecule has 0 atom stereocenters. The number of unbranched alkanes of at least 4 members (excludes halogenated alkanes) is 1. The van der Waals surface area contributed by atoms with Crippen molar-refractivity contribution in [2.24, 2.45) is 17.6 Å². The van der Waals surface area contributed by atoms with Gasteiger partial charge in [-0.1, -0.05) is 26.2 Å². The lowest BCUT2D eigenvalue weighted by atomic mass is 9.79. The van der Waals surface area contributed by atoms with Crippen LogP contribution in [-0.2, 0) is 4.79 Å². The fourth-order valence-corrected chi connectivity index (χ4v) is 3.10. The van der Waals surface area contributed by atoms with Gasteiger partial charge < -0.3 is 11.1 Å². The largest absolute Gasteiger partial charge is 0.349 e. The monoisotopic (exact) mass is 252 g/mol. The Morgan fingerprint density at radius 1 is 1.28 bits per heavy atom. The van der Waals surface area contributed by atoms with E-state index in [1.54, 1.807) is 0 Å². The molecule has 0 radical (unpaired) electrons. The SMILES string of the molecule is CCCCC1CCC(C(=O)NC2(CN)CC2)CC1. The van der Waals surface area contributed by atoms with Gasteiger partial charge in [-0.25, -0.2) is 0 Å². The van der Waals surface area contributed by atoms with E-state index in [1.807, 2.05) is 0 Å². The highest BCUT2D eigenvalue weighted by molar-refractivity contribution is 5.80. The van der Waals surface area contributed by atoms with Crippen molar-refractivity contribution >= 4 is 5.91 Å². The van der Waals surface area contributed by atoms with Crippen LogP contribution < -0.4 is 11.1 Å². The lowest BCUT2D eigenvalue weighted by Gasteiger charge is -2.29. The lowest BCUT2D eigenvalue weighted by molar-refractivity contribution is -0.127. The van der Waals surface area contributed by atoms with Gasteiger partial charge in [-0.05, 0) is 44.4 Å². The van der Waals surface area contributed by atoms with Crippen molar-refractivity contribution in [2.75, 3.05) is 6.54 Å². The van der Waals surface area contributed by atoms with Crippen molar-refractivity contribution in [3.63, 3.8) is 0 Å². The van der Waals surface area contributed by atoms with Crippen molar-refractivity contribution in [2.45, 2.75) is 70.3 Å². The van der Waals surface area contributed by atoms with Gasteiger partial charge >= 0.3 is 0 Å². The normalized spacial score (nSPS) is 29.9. The maximum Gasteiger partial charge on any atom is 0.223 e. The summed E-state index contributed by atoms with van der Waals surface area (Å²) in [5.41, 5.74) is 5.69. The summed E-state index contributed by atoms with van der Waals surface area (Å²) < 4.78 is 0. The molecule has 0 spiro atoms. The Morgan fingerprint density at radius 2 is 1.94 bits per heavy atom. The molecule has 2 saturated carbocycles. The van der Waals surface area contributed by atoms with E-state index in [1.165, 1.54) is 32.1 Å². The van der Waals surface area contributed by atoms with Crippen LogP contribution in [0, 0.1) is 11.8 Å². The number of nitrogens with two attached hydrogens (primary N) is 1. The molecule has 104 valence electrons. The Morgan fingerprint density at radius 3 is 2.44 bits per heavy atom. The Bertz CT molecular complexity index is 278. The number of nitrogens with one attached hydrogen (secondary N) is 1. The lowest BCUT2D eigenvalue weighted by Crippen LogP contribution is -2.45. The molecule has 3 nitrogen and oxygen atoms in total. The fraction of sp³-hybridized carbons (Fsp3) is 0.933. The highest BCUT2D eigenvalue weighted by atomic mass is 16.2. The molecule has 2 rings (SSSR count). The molecule has 0 bridgehead atoms. The zero-order valence-electron chi connectivity index (χ0n) is 11.7. The second kappa shape index (κ2) is 6.05. The second-order valence-corrected chi connectivity index (χ2v) is 6.33. The third-order valence-electron chi connectivity index (χ3n) is 4.82. The van der Waals surface area contributed by atoms with Crippen LogP contribution in [0.3, 0.4) is 0 Å². The van der Waals surface area contributed by atoms with Crippen LogP contribution in [0.4, 0.5) is 0 Å². The minimum atomic E-state index is -0.0177. The minimum Gasteiger partial charge on any atom is -0.349 e. The van der Waals surface area contributed by atoms with E-state index in [0.717, 1.165) is 31.6 Å². The van der Waals surface area contributed by atoms with E-state index in [4.69, 9.17) is 5.73 Å². The number of hydrogen-bond donors (Lipinski definition) is 2. The average Bonchev–Trinajstić information content (AvgIpc) is 3.17. The summed E-state index contributed by atoms with van der Waals surface area (Å²) in [4.78, 5) is 12.2. The minimum absolute atomic E-state index is 0.0177. The smallest absolute Gasteiger partial charge is 0.223 e. The van der Waals surface area contributed by atoms with E-state index in [-0.39, 0.29) is 17.4 Å². The van der Waals surface area contributed by atoms with Crippen LogP contribution in [0.2, 0.25) is 0 Å². The molecule has 0 unspecified atom stereocenters. The summed E-state index contributed by atoms with van der Waals surface area (Å²) in [6, 6.07) is 0. The standard InChI is InChI=1S/C15H28N2O/c1-2-3-4-12-5-7-13(8-6-12)14(18)17-15(11-16)9-10-15/h12-13H,2-11,16H2,1H3,(H,17,18). The Kier molecular flexibility index (Phi) is 4.66. The zero-order chi connectivity index (χ0) is 13.0. The number of rotatable bonds is 6. The summed E-state index contributed by atoms with van der Waals surface area (Å²) >= 11 is 0. The molecule has 3 N–H and O–H groups in total. The van der Waals surface area contributed by atoms with Crippen LogP contribution in [0.15, 0.2) is 0 Å². The summed E-state index contributed by atoms with van der Waals surface area (Å²) in [7, 11) is 0. The third kappa shape index (κ3) is 3.47. The molecule has 3 heteroatoms. The predicted molar refractivity (Wildman–Crippen MR) is 74.1 cm³/mol. The highest BCUT2D eigenvalue weighted by Crippen LogP contribution is 2.36. The van der Waals surface area contributed by atoms with Gasteiger partial charge in [0, 0.05) is 12.5 Å². The predicted octanol–water partition coefficient (Wildman–Crippen LogP) is 2.59. The van der Waals surface area contributed by atoms with Gasteiger partial charge in [0.2, 0.25) is 5.91 Å². The molecule has 0 saturated heterocycles. The summed E-state index contributed by atoms with van der Waals surface area (Å²) in [5, 5.41) is 3.18. The Labute approximate surface area is 111 Å². The molecule has 0 aromatic rings. The first kappa shape index (κ1) is 13.9. The molecule has 1 amide bonds. The number of amides is 1. The maximum absolute atomic E-state index is 12.2. The van der Waals surface area contributed by atoms with Gasteiger partial charge in [0.15, 0.2) is 0 Å². The van der Waals surface area contributed by atoms with Gasteiger partial charge in [0.1, 0.15) is 0 Å². The van der Waals surface area contributed by atoms with E-state index < -0.39 is 0 Å². The first-order chi connectivity index (χ1) is 8.69. The molecular formula is C15H28N2O. The number of carbonyl (C=O) groups is 1. The van der Waals surface area contributed by atoms with E-state index in [9.17, 15) is 4.79 Å². The fourth-order valence-electron chi connectivity index (χ4n) is 3.10. The van der Waals surface area contributed by atoms with Crippen molar-refractivity contribution in [1.82, 2.24) is 5.32 Å².